The number of nitrogens with zero attached hydrogens (tertiary/aromatic N) is 1. The Morgan fingerprint density at radius 1 is 0.197 bits per heavy atom. The maximum absolute atomic E-state index is 2.39. The Balaban J connectivity index is 0.872. The largest absolute Gasteiger partial charge is 0.311 e. The van der Waals surface area contributed by atoms with E-state index in [1.54, 1.807) is 0 Å². The van der Waals surface area contributed by atoms with E-state index in [1.165, 1.54) is 118 Å². The van der Waals surface area contributed by atoms with Gasteiger partial charge in [-0.25, -0.2) is 0 Å². The quantitative estimate of drug-likeness (QED) is 0.147. The summed E-state index contributed by atoms with van der Waals surface area (Å²) in [7, 11) is 0. The lowest BCUT2D eigenvalue weighted by atomic mass is 9.92. The molecular formula is C68H43NS2. The number of benzene rings is 12. The van der Waals surface area contributed by atoms with Crippen molar-refractivity contribution in [2.24, 2.45) is 0 Å². The van der Waals surface area contributed by atoms with E-state index >= 15 is 0 Å². The van der Waals surface area contributed by atoms with Gasteiger partial charge in [0.05, 0.1) is 0 Å². The number of thiophene rings is 2. The molecule has 0 atom stereocenters. The summed E-state index contributed by atoms with van der Waals surface area (Å²) >= 11 is 3.73. The van der Waals surface area contributed by atoms with Crippen LogP contribution in [0, 0.1) is 0 Å². The fourth-order valence-electron chi connectivity index (χ4n) is 10.5. The summed E-state index contributed by atoms with van der Waals surface area (Å²) in [6.07, 6.45) is 0. The molecular weight excluding hydrogens is 895 g/mol. The van der Waals surface area contributed by atoms with Crippen LogP contribution < -0.4 is 4.90 Å². The fraction of sp³-hybridized carbons (Fsp3) is 0. The molecule has 14 aromatic rings. The second kappa shape index (κ2) is 17.1. The average molecular weight is 938 g/mol. The van der Waals surface area contributed by atoms with E-state index in [0.717, 1.165) is 17.1 Å². The maximum atomic E-state index is 2.39. The highest BCUT2D eigenvalue weighted by Crippen LogP contribution is 2.43. The van der Waals surface area contributed by atoms with Crippen molar-refractivity contribution in [2.75, 3.05) is 4.90 Å². The minimum absolute atomic E-state index is 1.09. The first kappa shape index (κ1) is 41.4. The molecule has 0 aliphatic rings. The molecule has 332 valence electrons. The van der Waals surface area contributed by atoms with Crippen LogP contribution in [-0.2, 0) is 0 Å². The van der Waals surface area contributed by atoms with Crippen molar-refractivity contribution in [1.29, 1.82) is 0 Å². The third kappa shape index (κ3) is 7.55. The molecule has 2 aromatic heterocycles. The van der Waals surface area contributed by atoms with E-state index in [2.05, 4.69) is 266 Å². The van der Waals surface area contributed by atoms with Crippen molar-refractivity contribution < 1.29 is 0 Å². The van der Waals surface area contributed by atoms with E-state index in [4.69, 9.17) is 0 Å². The van der Waals surface area contributed by atoms with Crippen LogP contribution in [0.3, 0.4) is 0 Å². The summed E-state index contributed by atoms with van der Waals surface area (Å²) in [6, 6.07) is 96.5. The molecule has 71 heavy (non-hydrogen) atoms. The summed E-state index contributed by atoms with van der Waals surface area (Å²) in [5, 5.41) is 10.2. The second-order valence-electron chi connectivity index (χ2n) is 18.5. The highest BCUT2D eigenvalue weighted by atomic mass is 32.1. The van der Waals surface area contributed by atoms with Crippen LogP contribution in [0.2, 0.25) is 0 Å². The minimum Gasteiger partial charge on any atom is -0.311 e. The van der Waals surface area contributed by atoms with Crippen molar-refractivity contribution in [2.45, 2.75) is 0 Å². The summed E-state index contributed by atoms with van der Waals surface area (Å²) in [6.45, 7) is 0. The van der Waals surface area contributed by atoms with Gasteiger partial charge in [0.1, 0.15) is 0 Å². The Labute approximate surface area is 420 Å². The molecule has 0 saturated heterocycles. The predicted octanol–water partition coefficient (Wildman–Crippen LogP) is 20.5. The zero-order chi connectivity index (χ0) is 46.8. The normalized spacial score (nSPS) is 11.7. The lowest BCUT2D eigenvalue weighted by Gasteiger charge is -2.26. The SMILES string of the molecule is c1ccc2cc(-c3ccc(N(c4ccc(-c5cc(-c6ccc7sc8ccccc8c7c6)cc(-c6ccc7sc8ccccc8c7c6)c5)cc4)c4ccc(-c5ccc6ccccc6c5)cc4)cc3)ccc2c1. The zero-order valence-electron chi connectivity index (χ0n) is 38.6. The van der Waals surface area contributed by atoms with Crippen LogP contribution in [0.15, 0.2) is 261 Å². The van der Waals surface area contributed by atoms with Gasteiger partial charge in [-0.1, -0.05) is 158 Å². The second-order valence-corrected chi connectivity index (χ2v) is 20.7. The van der Waals surface area contributed by atoms with Crippen LogP contribution in [0.5, 0.6) is 0 Å². The topological polar surface area (TPSA) is 3.24 Å². The monoisotopic (exact) mass is 937 g/mol. The van der Waals surface area contributed by atoms with Gasteiger partial charge in [-0.05, 0) is 180 Å². The molecule has 0 radical (unpaired) electrons. The van der Waals surface area contributed by atoms with Crippen molar-refractivity contribution in [3.05, 3.63) is 261 Å². The van der Waals surface area contributed by atoms with Gasteiger partial charge in [-0.3, -0.25) is 0 Å². The summed E-state index contributed by atoms with van der Waals surface area (Å²) in [5.74, 6) is 0. The first-order chi connectivity index (χ1) is 35.1. The van der Waals surface area contributed by atoms with Gasteiger partial charge in [-0.15, -0.1) is 22.7 Å². The molecule has 0 aliphatic heterocycles. The Morgan fingerprint density at radius 2 is 0.507 bits per heavy atom. The molecule has 0 saturated carbocycles. The lowest BCUT2D eigenvalue weighted by Crippen LogP contribution is -2.09. The highest BCUT2D eigenvalue weighted by molar-refractivity contribution is 7.26. The first-order valence-electron chi connectivity index (χ1n) is 24.2. The van der Waals surface area contributed by atoms with Crippen LogP contribution in [0.4, 0.5) is 17.1 Å². The predicted molar refractivity (Wildman–Crippen MR) is 309 cm³/mol. The molecule has 0 bridgehead atoms. The van der Waals surface area contributed by atoms with Gasteiger partial charge in [0, 0.05) is 57.4 Å². The van der Waals surface area contributed by atoms with Crippen molar-refractivity contribution >= 4 is 102 Å². The van der Waals surface area contributed by atoms with E-state index in [0.29, 0.717) is 0 Å². The van der Waals surface area contributed by atoms with Crippen LogP contribution in [0.25, 0.3) is 118 Å². The average Bonchev–Trinajstić information content (AvgIpc) is 4.01. The Bertz CT molecular complexity index is 4070. The molecule has 0 fully saturated rings. The number of anilines is 3. The smallest absolute Gasteiger partial charge is 0.0462 e. The van der Waals surface area contributed by atoms with Crippen LogP contribution in [-0.4, -0.2) is 0 Å². The highest BCUT2D eigenvalue weighted by Gasteiger charge is 2.17. The van der Waals surface area contributed by atoms with Gasteiger partial charge in [-0.2, -0.15) is 0 Å². The van der Waals surface area contributed by atoms with E-state index in [9.17, 15) is 0 Å². The molecule has 3 heteroatoms. The van der Waals surface area contributed by atoms with Crippen molar-refractivity contribution in [1.82, 2.24) is 0 Å². The molecule has 0 unspecified atom stereocenters. The number of fused-ring (bicyclic) bond motifs is 8. The van der Waals surface area contributed by atoms with E-state index in [1.807, 2.05) is 22.7 Å². The van der Waals surface area contributed by atoms with Gasteiger partial charge in [0.15, 0.2) is 0 Å². The molecule has 0 spiro atoms. The van der Waals surface area contributed by atoms with E-state index < -0.39 is 0 Å². The van der Waals surface area contributed by atoms with Gasteiger partial charge < -0.3 is 4.90 Å². The summed E-state index contributed by atoms with van der Waals surface area (Å²) < 4.78 is 5.27. The number of hydrogen-bond acceptors (Lipinski definition) is 3. The van der Waals surface area contributed by atoms with Gasteiger partial charge in [0.2, 0.25) is 0 Å². The molecule has 0 aliphatic carbocycles. The zero-order valence-corrected chi connectivity index (χ0v) is 40.2. The van der Waals surface area contributed by atoms with Gasteiger partial charge >= 0.3 is 0 Å². The van der Waals surface area contributed by atoms with Crippen LogP contribution >= 0.6 is 22.7 Å². The third-order valence-corrected chi connectivity index (χ3v) is 16.5. The Morgan fingerprint density at radius 3 is 0.944 bits per heavy atom. The standard InChI is InChI=1S/C68H43NS2/c1-3-11-49-37-51(19-17-44(49)9-1)46-21-29-58(30-22-46)69(59-31-23-47(24-32-59)52-20-18-45-10-2-4-12-50(45)38-52)60-33-25-48(26-34-60)55-39-56(53-27-35-67-63(42-53)61-13-5-7-15-65(61)70-67)41-57(40-55)54-28-36-68-64(43-54)62-14-6-8-16-66(62)71-68/h1-43H. The molecule has 0 N–H and O–H groups in total. The maximum Gasteiger partial charge on any atom is 0.0462 e. The first-order valence-corrected chi connectivity index (χ1v) is 25.8. The molecule has 0 amide bonds. The Hall–Kier alpha value is -8.60. The molecule has 14 rings (SSSR count). The molecule has 2 heterocycles. The summed E-state index contributed by atoms with van der Waals surface area (Å²) in [4.78, 5) is 2.38. The van der Waals surface area contributed by atoms with Crippen molar-refractivity contribution in [3.63, 3.8) is 0 Å². The number of rotatable bonds is 8. The van der Waals surface area contributed by atoms with Crippen molar-refractivity contribution in [3.8, 4) is 55.6 Å². The van der Waals surface area contributed by atoms with Crippen LogP contribution in [0.1, 0.15) is 0 Å². The molecule has 1 nitrogen and oxygen atoms in total. The minimum atomic E-state index is 1.09. The summed E-state index contributed by atoms with van der Waals surface area (Å²) in [5.41, 5.74) is 15.3. The fourth-order valence-corrected chi connectivity index (χ4v) is 12.7. The number of hydrogen-bond donors (Lipinski definition) is 0. The van der Waals surface area contributed by atoms with E-state index in [-0.39, 0.29) is 0 Å². The van der Waals surface area contributed by atoms with Gasteiger partial charge in [0.25, 0.3) is 0 Å². The molecule has 12 aromatic carbocycles. The lowest BCUT2D eigenvalue weighted by molar-refractivity contribution is 1.28. The Kier molecular flexibility index (Phi) is 9.97. The third-order valence-electron chi connectivity index (χ3n) is 14.2.